The number of rotatable bonds is 4. The van der Waals surface area contributed by atoms with E-state index in [0.717, 1.165) is 34.4 Å². The van der Waals surface area contributed by atoms with Gasteiger partial charge in [0.15, 0.2) is 0 Å². The number of carbonyl (C=O) groups is 1. The van der Waals surface area contributed by atoms with Gasteiger partial charge in [0.25, 0.3) is 0 Å². The average Bonchev–Trinajstić information content (AvgIpc) is 3.23. The van der Waals surface area contributed by atoms with Gasteiger partial charge in [0.2, 0.25) is 5.91 Å². The lowest BCUT2D eigenvalue weighted by atomic mass is 9.87. The van der Waals surface area contributed by atoms with Crippen LogP contribution >= 0.6 is 0 Å². The summed E-state index contributed by atoms with van der Waals surface area (Å²) in [7, 11) is 0. The lowest BCUT2D eigenvalue weighted by Crippen LogP contribution is -2.34. The zero-order valence-corrected chi connectivity index (χ0v) is 15.8. The van der Waals surface area contributed by atoms with Crippen molar-refractivity contribution in [3.63, 3.8) is 0 Å². The van der Waals surface area contributed by atoms with Crippen molar-refractivity contribution >= 4 is 5.91 Å². The standard InChI is InChI=1S/C24H21NO4/c26-19(15-9-10-20-16(13-15)11-12-28-20)14-25-24(27)23-17-5-1-3-7-21(17)29-22-8-4-2-6-18(22)23/h1-10,13,19,23,26H,11-12,14H2,(H,25,27). The van der Waals surface area contributed by atoms with Crippen LogP contribution in [0.5, 0.6) is 17.2 Å². The number of para-hydroxylation sites is 2. The number of hydrogen-bond acceptors (Lipinski definition) is 4. The number of aliphatic hydroxyl groups is 1. The lowest BCUT2D eigenvalue weighted by molar-refractivity contribution is -0.122. The van der Waals surface area contributed by atoms with E-state index in [-0.39, 0.29) is 12.5 Å². The molecule has 0 bridgehead atoms. The fourth-order valence-electron chi connectivity index (χ4n) is 4.02. The molecular formula is C24H21NO4. The number of carbonyl (C=O) groups excluding carboxylic acids is 1. The number of aliphatic hydroxyl groups excluding tert-OH is 1. The summed E-state index contributed by atoms with van der Waals surface area (Å²) in [6.07, 6.45) is 0.0629. The van der Waals surface area contributed by atoms with Crippen LogP contribution in [0.1, 0.15) is 34.3 Å². The molecule has 1 unspecified atom stereocenters. The predicted octanol–water partition coefficient (Wildman–Crippen LogP) is 3.71. The first-order chi connectivity index (χ1) is 14.2. The average molecular weight is 387 g/mol. The van der Waals surface area contributed by atoms with E-state index in [1.165, 1.54) is 0 Å². The summed E-state index contributed by atoms with van der Waals surface area (Å²) in [5, 5.41) is 13.5. The first kappa shape index (κ1) is 17.8. The molecule has 0 saturated carbocycles. The van der Waals surface area contributed by atoms with E-state index >= 15 is 0 Å². The molecule has 3 aromatic carbocycles. The van der Waals surface area contributed by atoms with Gasteiger partial charge in [-0.15, -0.1) is 0 Å². The molecule has 146 valence electrons. The molecule has 3 aromatic rings. The van der Waals surface area contributed by atoms with Crippen LogP contribution in [0.25, 0.3) is 0 Å². The largest absolute Gasteiger partial charge is 0.493 e. The first-order valence-corrected chi connectivity index (χ1v) is 9.78. The minimum absolute atomic E-state index is 0.139. The van der Waals surface area contributed by atoms with Gasteiger partial charge in [-0.1, -0.05) is 42.5 Å². The molecule has 5 heteroatoms. The summed E-state index contributed by atoms with van der Waals surface area (Å²) in [6.45, 7) is 0.814. The van der Waals surface area contributed by atoms with Crippen molar-refractivity contribution in [1.82, 2.24) is 5.32 Å². The molecular weight excluding hydrogens is 366 g/mol. The highest BCUT2D eigenvalue weighted by Gasteiger charge is 2.32. The molecule has 2 aliphatic rings. The quantitative estimate of drug-likeness (QED) is 0.716. The van der Waals surface area contributed by atoms with Gasteiger partial charge in [-0.25, -0.2) is 0 Å². The van der Waals surface area contributed by atoms with Gasteiger partial charge in [0.05, 0.1) is 18.6 Å². The van der Waals surface area contributed by atoms with E-state index in [1.54, 1.807) is 0 Å². The molecule has 1 amide bonds. The highest BCUT2D eigenvalue weighted by molar-refractivity contribution is 5.89. The third kappa shape index (κ3) is 3.23. The first-order valence-electron chi connectivity index (χ1n) is 9.78. The van der Waals surface area contributed by atoms with E-state index in [1.807, 2.05) is 66.7 Å². The van der Waals surface area contributed by atoms with Crippen molar-refractivity contribution in [3.8, 4) is 17.2 Å². The molecule has 0 saturated heterocycles. The minimum atomic E-state index is -0.782. The molecule has 0 aliphatic carbocycles. The smallest absolute Gasteiger partial charge is 0.232 e. The van der Waals surface area contributed by atoms with Crippen molar-refractivity contribution in [2.75, 3.05) is 13.2 Å². The monoisotopic (exact) mass is 387 g/mol. The molecule has 2 aliphatic heterocycles. The summed E-state index contributed by atoms with van der Waals surface area (Å²) in [5.41, 5.74) is 3.53. The summed E-state index contributed by atoms with van der Waals surface area (Å²) in [4.78, 5) is 13.1. The Balaban J connectivity index is 1.36. The highest BCUT2D eigenvalue weighted by Crippen LogP contribution is 2.43. The van der Waals surface area contributed by atoms with Crippen molar-refractivity contribution in [2.24, 2.45) is 0 Å². The zero-order valence-electron chi connectivity index (χ0n) is 15.8. The number of benzene rings is 3. The van der Waals surface area contributed by atoms with E-state index in [4.69, 9.17) is 9.47 Å². The van der Waals surface area contributed by atoms with Crippen molar-refractivity contribution in [3.05, 3.63) is 89.0 Å². The van der Waals surface area contributed by atoms with Crippen LogP contribution in [-0.2, 0) is 11.2 Å². The molecule has 0 spiro atoms. The Hall–Kier alpha value is -3.31. The normalized spacial score (nSPS) is 15.3. The van der Waals surface area contributed by atoms with Crippen LogP contribution in [-0.4, -0.2) is 24.2 Å². The van der Waals surface area contributed by atoms with E-state index < -0.39 is 12.0 Å². The van der Waals surface area contributed by atoms with Crippen LogP contribution in [0, 0.1) is 0 Å². The Morgan fingerprint density at radius 3 is 2.41 bits per heavy atom. The topological polar surface area (TPSA) is 67.8 Å². The SMILES string of the molecule is O=C(NCC(O)c1ccc2c(c1)CCO2)C1c2ccccc2Oc2ccccc21. The molecule has 5 rings (SSSR count). The molecule has 29 heavy (non-hydrogen) atoms. The molecule has 1 atom stereocenters. The number of hydrogen-bond donors (Lipinski definition) is 2. The molecule has 2 heterocycles. The highest BCUT2D eigenvalue weighted by atomic mass is 16.5. The maximum Gasteiger partial charge on any atom is 0.232 e. The third-order valence-corrected chi connectivity index (χ3v) is 5.51. The Labute approximate surface area is 168 Å². The van der Waals surface area contributed by atoms with Gasteiger partial charge in [-0.05, 0) is 35.4 Å². The molecule has 5 nitrogen and oxygen atoms in total. The summed E-state index contributed by atoms with van der Waals surface area (Å²) < 4.78 is 11.5. The van der Waals surface area contributed by atoms with Crippen molar-refractivity contribution in [2.45, 2.75) is 18.4 Å². The fraction of sp³-hybridized carbons (Fsp3) is 0.208. The summed E-state index contributed by atoms with van der Waals surface area (Å²) in [6, 6.07) is 20.8. The summed E-state index contributed by atoms with van der Waals surface area (Å²) >= 11 is 0. The zero-order chi connectivity index (χ0) is 19.8. The molecule has 0 radical (unpaired) electrons. The van der Waals surface area contributed by atoms with Gasteiger partial charge in [-0.3, -0.25) is 4.79 Å². The number of nitrogens with one attached hydrogen (secondary N) is 1. The van der Waals surface area contributed by atoms with Gasteiger partial charge in [0.1, 0.15) is 17.2 Å². The second-order valence-corrected chi connectivity index (χ2v) is 7.34. The Bertz CT molecular complexity index is 1030. The second-order valence-electron chi connectivity index (χ2n) is 7.34. The lowest BCUT2D eigenvalue weighted by Gasteiger charge is -2.27. The van der Waals surface area contributed by atoms with Crippen molar-refractivity contribution < 1.29 is 19.4 Å². The van der Waals surface area contributed by atoms with E-state index in [2.05, 4.69) is 5.32 Å². The minimum Gasteiger partial charge on any atom is -0.493 e. The maximum absolute atomic E-state index is 13.1. The number of ether oxygens (including phenoxy) is 2. The Kier molecular flexibility index (Phi) is 4.45. The Morgan fingerprint density at radius 2 is 1.69 bits per heavy atom. The number of fused-ring (bicyclic) bond motifs is 3. The molecule has 2 N–H and O–H groups in total. The van der Waals surface area contributed by atoms with Crippen LogP contribution in [0.3, 0.4) is 0 Å². The molecule has 0 fully saturated rings. The van der Waals surface area contributed by atoms with Gasteiger partial charge >= 0.3 is 0 Å². The van der Waals surface area contributed by atoms with Gasteiger partial charge in [0, 0.05) is 24.1 Å². The second kappa shape index (κ2) is 7.26. The summed E-state index contributed by atoms with van der Waals surface area (Å²) in [5.74, 6) is 1.62. The number of amides is 1. The van der Waals surface area contributed by atoms with Crippen LogP contribution in [0.15, 0.2) is 66.7 Å². The van der Waals surface area contributed by atoms with Gasteiger partial charge < -0.3 is 19.9 Å². The Morgan fingerprint density at radius 1 is 1.00 bits per heavy atom. The maximum atomic E-state index is 13.1. The van der Waals surface area contributed by atoms with Crippen LogP contribution < -0.4 is 14.8 Å². The van der Waals surface area contributed by atoms with E-state index in [9.17, 15) is 9.90 Å². The van der Waals surface area contributed by atoms with E-state index in [0.29, 0.717) is 18.1 Å². The van der Waals surface area contributed by atoms with Crippen LogP contribution in [0.2, 0.25) is 0 Å². The fourth-order valence-corrected chi connectivity index (χ4v) is 4.02. The van der Waals surface area contributed by atoms with Crippen LogP contribution in [0.4, 0.5) is 0 Å². The van der Waals surface area contributed by atoms with Crippen molar-refractivity contribution in [1.29, 1.82) is 0 Å². The molecule has 0 aromatic heterocycles. The third-order valence-electron chi connectivity index (χ3n) is 5.51. The van der Waals surface area contributed by atoms with Gasteiger partial charge in [-0.2, -0.15) is 0 Å². The predicted molar refractivity (Wildman–Crippen MR) is 108 cm³/mol.